The van der Waals surface area contributed by atoms with Crippen LogP contribution in [-0.2, 0) is 4.79 Å². The minimum Gasteiger partial charge on any atom is -0.481 e. The fourth-order valence-corrected chi connectivity index (χ4v) is 2.49. The molecular formula is C17H26ClNO2. The second-order valence-corrected chi connectivity index (χ2v) is 6.43. The van der Waals surface area contributed by atoms with Gasteiger partial charge in [0.15, 0.2) is 6.10 Å². The molecule has 1 rings (SSSR count). The lowest BCUT2D eigenvalue weighted by Gasteiger charge is -2.28. The number of rotatable bonds is 7. The van der Waals surface area contributed by atoms with Crippen molar-refractivity contribution >= 4 is 17.5 Å². The number of hydrogen-bond acceptors (Lipinski definition) is 2. The molecule has 0 aliphatic heterocycles. The molecule has 0 aliphatic rings. The van der Waals surface area contributed by atoms with Crippen LogP contribution < -0.4 is 10.1 Å². The predicted octanol–water partition coefficient (Wildman–Crippen LogP) is 4.29. The molecule has 21 heavy (non-hydrogen) atoms. The van der Waals surface area contributed by atoms with Gasteiger partial charge in [0.25, 0.3) is 5.91 Å². The van der Waals surface area contributed by atoms with E-state index in [1.807, 2.05) is 6.92 Å². The van der Waals surface area contributed by atoms with Crippen LogP contribution in [0.1, 0.15) is 41.0 Å². The molecule has 1 unspecified atom stereocenters. The molecule has 1 aromatic rings. The van der Waals surface area contributed by atoms with E-state index in [1.54, 1.807) is 24.3 Å². The second-order valence-electron chi connectivity index (χ2n) is 5.99. The maximum absolute atomic E-state index is 12.4. The van der Waals surface area contributed by atoms with Gasteiger partial charge in [-0.15, -0.1) is 0 Å². The Morgan fingerprint density at radius 1 is 1.14 bits per heavy atom. The molecule has 0 aromatic heterocycles. The predicted molar refractivity (Wildman–Crippen MR) is 87.8 cm³/mol. The molecule has 118 valence electrons. The van der Waals surface area contributed by atoms with Crippen LogP contribution in [0, 0.1) is 11.8 Å². The van der Waals surface area contributed by atoms with Crippen molar-refractivity contribution in [2.24, 2.45) is 11.8 Å². The SMILES string of the molecule is CCC(Oc1ccc(Cl)cc1)C(=O)NC(C(C)C)C(C)C. The third-order valence-electron chi connectivity index (χ3n) is 3.50. The Morgan fingerprint density at radius 3 is 2.10 bits per heavy atom. The van der Waals surface area contributed by atoms with E-state index >= 15 is 0 Å². The highest BCUT2D eigenvalue weighted by Crippen LogP contribution is 2.18. The summed E-state index contributed by atoms with van der Waals surface area (Å²) in [5.74, 6) is 1.39. The summed E-state index contributed by atoms with van der Waals surface area (Å²) >= 11 is 5.85. The first-order valence-corrected chi connectivity index (χ1v) is 7.95. The third kappa shape index (κ3) is 5.58. The Hall–Kier alpha value is -1.22. The molecule has 1 atom stereocenters. The van der Waals surface area contributed by atoms with E-state index in [2.05, 4.69) is 33.0 Å². The highest BCUT2D eigenvalue weighted by atomic mass is 35.5. The Bertz CT molecular complexity index is 435. The average Bonchev–Trinajstić information content (AvgIpc) is 2.43. The lowest BCUT2D eigenvalue weighted by molar-refractivity contribution is -0.129. The van der Waals surface area contributed by atoms with Gasteiger partial charge in [0.2, 0.25) is 0 Å². The van der Waals surface area contributed by atoms with E-state index in [9.17, 15) is 4.79 Å². The maximum Gasteiger partial charge on any atom is 0.261 e. The number of carbonyl (C=O) groups excluding carboxylic acids is 1. The molecule has 0 aliphatic carbocycles. The molecule has 0 saturated heterocycles. The number of halogens is 1. The normalized spacial score (nSPS) is 12.8. The lowest BCUT2D eigenvalue weighted by Crippen LogP contribution is -2.48. The zero-order chi connectivity index (χ0) is 16.0. The molecule has 1 aromatic carbocycles. The van der Waals surface area contributed by atoms with Crippen LogP contribution in [0.25, 0.3) is 0 Å². The van der Waals surface area contributed by atoms with E-state index in [0.29, 0.717) is 29.0 Å². The highest BCUT2D eigenvalue weighted by Gasteiger charge is 2.25. The number of amides is 1. The van der Waals surface area contributed by atoms with Gasteiger partial charge >= 0.3 is 0 Å². The highest BCUT2D eigenvalue weighted by molar-refractivity contribution is 6.30. The van der Waals surface area contributed by atoms with Gasteiger partial charge in [0.05, 0.1) is 0 Å². The van der Waals surface area contributed by atoms with E-state index in [4.69, 9.17) is 16.3 Å². The summed E-state index contributed by atoms with van der Waals surface area (Å²) in [4.78, 5) is 12.4. The first kappa shape index (κ1) is 17.8. The number of benzene rings is 1. The summed E-state index contributed by atoms with van der Waals surface area (Å²) in [6, 6.07) is 7.22. The summed E-state index contributed by atoms with van der Waals surface area (Å²) in [5.41, 5.74) is 0. The number of carbonyl (C=O) groups is 1. The molecule has 0 radical (unpaired) electrons. The van der Waals surface area contributed by atoms with Crippen molar-refractivity contribution in [1.82, 2.24) is 5.32 Å². The summed E-state index contributed by atoms with van der Waals surface area (Å²) in [5, 5.41) is 3.76. The van der Waals surface area contributed by atoms with Gasteiger partial charge in [-0.3, -0.25) is 4.79 Å². The zero-order valence-electron chi connectivity index (χ0n) is 13.5. The van der Waals surface area contributed by atoms with Crippen molar-refractivity contribution in [3.8, 4) is 5.75 Å². The van der Waals surface area contributed by atoms with Crippen LogP contribution in [0.3, 0.4) is 0 Å². The van der Waals surface area contributed by atoms with Gasteiger partial charge in [0, 0.05) is 11.1 Å². The van der Waals surface area contributed by atoms with Crippen LogP contribution >= 0.6 is 11.6 Å². The number of ether oxygens (including phenoxy) is 1. The molecule has 0 bridgehead atoms. The van der Waals surface area contributed by atoms with Gasteiger partial charge in [-0.1, -0.05) is 46.2 Å². The first-order chi connectivity index (χ1) is 9.85. The minimum atomic E-state index is -0.480. The van der Waals surface area contributed by atoms with E-state index in [0.717, 1.165) is 0 Å². The molecule has 1 N–H and O–H groups in total. The van der Waals surface area contributed by atoms with Crippen LogP contribution in [0.2, 0.25) is 5.02 Å². The number of nitrogens with one attached hydrogen (secondary N) is 1. The van der Waals surface area contributed by atoms with Crippen molar-refractivity contribution in [3.05, 3.63) is 29.3 Å². The van der Waals surface area contributed by atoms with Crippen molar-refractivity contribution in [2.45, 2.75) is 53.2 Å². The van der Waals surface area contributed by atoms with E-state index < -0.39 is 6.10 Å². The smallest absolute Gasteiger partial charge is 0.261 e. The molecular weight excluding hydrogens is 286 g/mol. The molecule has 3 nitrogen and oxygen atoms in total. The Balaban J connectivity index is 2.70. The Morgan fingerprint density at radius 2 is 1.67 bits per heavy atom. The van der Waals surface area contributed by atoms with Crippen LogP contribution in [0.15, 0.2) is 24.3 Å². The second kappa shape index (κ2) is 8.28. The summed E-state index contributed by atoms with van der Waals surface area (Å²) in [6.07, 6.45) is 0.142. The molecule has 1 amide bonds. The van der Waals surface area contributed by atoms with Crippen LogP contribution in [0.4, 0.5) is 0 Å². The molecule has 0 heterocycles. The Kier molecular flexibility index (Phi) is 7.03. The number of hydrogen-bond donors (Lipinski definition) is 1. The standard InChI is InChI=1S/C17H26ClNO2/c1-6-15(21-14-9-7-13(18)8-10-14)17(20)19-16(11(2)3)12(4)5/h7-12,15-16H,6H2,1-5H3,(H,19,20). The van der Waals surface area contributed by atoms with Crippen molar-refractivity contribution in [1.29, 1.82) is 0 Å². The minimum absolute atomic E-state index is 0.0557. The largest absolute Gasteiger partial charge is 0.481 e. The molecule has 0 saturated carbocycles. The van der Waals surface area contributed by atoms with Crippen LogP contribution in [0.5, 0.6) is 5.75 Å². The molecule has 0 spiro atoms. The topological polar surface area (TPSA) is 38.3 Å². The van der Waals surface area contributed by atoms with Gasteiger partial charge in [-0.25, -0.2) is 0 Å². The van der Waals surface area contributed by atoms with Crippen LogP contribution in [-0.4, -0.2) is 18.1 Å². The summed E-state index contributed by atoms with van der Waals surface area (Å²) in [7, 11) is 0. The average molecular weight is 312 g/mol. The lowest BCUT2D eigenvalue weighted by atomic mass is 9.93. The molecule has 4 heteroatoms. The van der Waals surface area contributed by atoms with E-state index in [1.165, 1.54) is 0 Å². The maximum atomic E-state index is 12.4. The Labute approximate surface area is 133 Å². The van der Waals surface area contributed by atoms with Crippen molar-refractivity contribution in [2.75, 3.05) is 0 Å². The summed E-state index contributed by atoms with van der Waals surface area (Å²) < 4.78 is 5.77. The first-order valence-electron chi connectivity index (χ1n) is 7.57. The van der Waals surface area contributed by atoms with Crippen molar-refractivity contribution in [3.63, 3.8) is 0 Å². The van der Waals surface area contributed by atoms with Gasteiger partial charge in [-0.05, 0) is 42.5 Å². The van der Waals surface area contributed by atoms with Gasteiger partial charge in [-0.2, -0.15) is 0 Å². The fraction of sp³-hybridized carbons (Fsp3) is 0.588. The van der Waals surface area contributed by atoms with Gasteiger partial charge in [0.1, 0.15) is 5.75 Å². The summed E-state index contributed by atoms with van der Waals surface area (Å²) in [6.45, 7) is 10.4. The third-order valence-corrected chi connectivity index (χ3v) is 3.75. The van der Waals surface area contributed by atoms with Crippen molar-refractivity contribution < 1.29 is 9.53 Å². The van der Waals surface area contributed by atoms with Gasteiger partial charge < -0.3 is 10.1 Å². The monoisotopic (exact) mass is 311 g/mol. The quantitative estimate of drug-likeness (QED) is 0.815. The zero-order valence-corrected chi connectivity index (χ0v) is 14.3. The molecule has 0 fully saturated rings. The van der Waals surface area contributed by atoms with E-state index in [-0.39, 0.29) is 11.9 Å². The fourth-order valence-electron chi connectivity index (χ4n) is 2.36.